The fourth-order valence-electron chi connectivity index (χ4n) is 0.175. The van der Waals surface area contributed by atoms with Gasteiger partial charge < -0.3 is 5.11 Å². The van der Waals surface area contributed by atoms with Crippen molar-refractivity contribution < 1.29 is 9.90 Å². The van der Waals surface area contributed by atoms with Crippen LogP contribution >= 0.6 is 0 Å². The van der Waals surface area contributed by atoms with E-state index < -0.39 is 5.97 Å². The summed E-state index contributed by atoms with van der Waals surface area (Å²) in [6.45, 7) is 3.56. The highest BCUT2D eigenvalue weighted by atomic mass is 16.4. The van der Waals surface area contributed by atoms with Gasteiger partial charge in [0.2, 0.25) is 0 Å². The Kier molecular flexibility index (Phi) is 2.41. The summed E-state index contributed by atoms with van der Waals surface area (Å²) in [4.78, 5) is 9.93. The van der Waals surface area contributed by atoms with Gasteiger partial charge in [0.1, 0.15) is 0 Å². The molecule has 0 heterocycles. The van der Waals surface area contributed by atoms with Crippen LogP contribution < -0.4 is 0 Å². The number of hydrogen-bond acceptors (Lipinski definition) is 1. The molecule has 0 spiro atoms. The van der Waals surface area contributed by atoms with Crippen molar-refractivity contribution in [2.24, 2.45) is 5.92 Å². The van der Waals surface area contributed by atoms with Gasteiger partial charge in [0.05, 0.1) is 5.92 Å². The molecule has 2 heteroatoms. The van der Waals surface area contributed by atoms with E-state index in [1.165, 1.54) is 0 Å². The second-order valence-corrected chi connectivity index (χ2v) is 1.65. The largest absolute Gasteiger partial charge is 0.481 e. The molecule has 0 radical (unpaired) electrons. The number of carbonyl (C=O) groups is 1. The zero-order valence-corrected chi connectivity index (χ0v) is 4.64. The molecular formula is C5H10O2. The highest BCUT2D eigenvalue weighted by Crippen LogP contribution is 1.97. The smallest absolute Gasteiger partial charge is 0.306 e. The normalized spacial score (nSPS) is 13.4. The lowest BCUT2D eigenvalue weighted by molar-refractivity contribution is -0.141. The summed E-state index contributed by atoms with van der Waals surface area (Å²) in [6.07, 6.45) is 0.718. The van der Waals surface area contributed by atoms with Gasteiger partial charge >= 0.3 is 5.97 Å². The number of carboxylic acids is 1. The van der Waals surface area contributed by atoms with Gasteiger partial charge in [-0.2, -0.15) is 0 Å². The van der Waals surface area contributed by atoms with Crippen molar-refractivity contribution in [2.45, 2.75) is 20.3 Å². The maximum Gasteiger partial charge on any atom is 0.306 e. The number of carboxylic acid groups (broad SMARTS) is 1. The minimum atomic E-state index is -0.706. The summed E-state index contributed by atoms with van der Waals surface area (Å²) >= 11 is 0. The van der Waals surface area contributed by atoms with Crippen molar-refractivity contribution >= 4 is 5.97 Å². The SMILES string of the molecule is CCC([13CH3])C(=O)O. The van der Waals surface area contributed by atoms with E-state index in [0.29, 0.717) is 0 Å². The molecule has 0 aliphatic heterocycles. The zero-order chi connectivity index (χ0) is 5.86. The molecular weight excluding hydrogens is 93.0 g/mol. The summed E-state index contributed by atoms with van der Waals surface area (Å²) in [5.74, 6) is -0.887. The predicted octanol–water partition coefficient (Wildman–Crippen LogP) is 1.12. The molecule has 0 aromatic rings. The second kappa shape index (κ2) is 2.61. The summed E-state index contributed by atoms with van der Waals surface area (Å²) < 4.78 is 0. The van der Waals surface area contributed by atoms with Gasteiger partial charge in [0.25, 0.3) is 0 Å². The molecule has 0 fully saturated rings. The molecule has 2 nitrogen and oxygen atoms in total. The van der Waals surface area contributed by atoms with E-state index in [2.05, 4.69) is 0 Å². The fraction of sp³-hybridized carbons (Fsp3) is 0.800. The third-order valence-electron chi connectivity index (χ3n) is 1.03. The third kappa shape index (κ3) is 2.20. The van der Waals surface area contributed by atoms with Crippen LogP contribution in [-0.2, 0) is 4.79 Å². The molecule has 0 saturated heterocycles. The highest BCUT2D eigenvalue weighted by molar-refractivity contribution is 5.69. The van der Waals surface area contributed by atoms with Crippen molar-refractivity contribution in [3.63, 3.8) is 0 Å². The average Bonchev–Trinajstić information content (AvgIpc) is 1.65. The van der Waals surface area contributed by atoms with Crippen LogP contribution in [0.4, 0.5) is 0 Å². The minimum absolute atomic E-state index is 0.181. The van der Waals surface area contributed by atoms with Crippen LogP contribution in [0.3, 0.4) is 0 Å². The van der Waals surface area contributed by atoms with Gasteiger partial charge in [-0.15, -0.1) is 0 Å². The van der Waals surface area contributed by atoms with E-state index in [4.69, 9.17) is 5.11 Å². The minimum Gasteiger partial charge on any atom is -0.481 e. The Morgan fingerprint density at radius 3 is 2.29 bits per heavy atom. The van der Waals surface area contributed by atoms with Gasteiger partial charge in [0.15, 0.2) is 0 Å². The summed E-state index contributed by atoms with van der Waals surface area (Å²) in [5.41, 5.74) is 0. The summed E-state index contributed by atoms with van der Waals surface area (Å²) in [6, 6.07) is 0. The predicted molar refractivity (Wildman–Crippen MR) is 27.1 cm³/mol. The Labute approximate surface area is 43.2 Å². The van der Waals surface area contributed by atoms with Crippen LogP contribution in [-0.4, -0.2) is 11.1 Å². The Morgan fingerprint density at radius 2 is 2.29 bits per heavy atom. The van der Waals surface area contributed by atoms with Crippen molar-refractivity contribution in [3.05, 3.63) is 0 Å². The molecule has 1 unspecified atom stereocenters. The van der Waals surface area contributed by atoms with E-state index in [-0.39, 0.29) is 5.92 Å². The van der Waals surface area contributed by atoms with Crippen molar-refractivity contribution in [1.29, 1.82) is 0 Å². The van der Waals surface area contributed by atoms with Crippen LogP contribution in [0.1, 0.15) is 20.3 Å². The van der Waals surface area contributed by atoms with Crippen molar-refractivity contribution in [2.75, 3.05) is 0 Å². The monoisotopic (exact) mass is 103 g/mol. The lowest BCUT2D eigenvalue weighted by atomic mass is 10.2. The molecule has 42 valence electrons. The number of rotatable bonds is 2. The first kappa shape index (κ1) is 6.47. The van der Waals surface area contributed by atoms with Gasteiger partial charge in [-0.1, -0.05) is 13.8 Å². The standard InChI is InChI=1S/C5H10O2/c1-3-4(2)5(6)7/h4H,3H2,1-2H3,(H,6,7)/i2+1. The molecule has 7 heavy (non-hydrogen) atoms. The summed E-state index contributed by atoms with van der Waals surface area (Å²) in [5, 5.41) is 8.18. The molecule has 0 bridgehead atoms. The lowest BCUT2D eigenvalue weighted by Crippen LogP contribution is -2.06. The maximum atomic E-state index is 9.93. The third-order valence-corrected chi connectivity index (χ3v) is 1.03. The first-order valence-corrected chi connectivity index (χ1v) is 2.41. The van der Waals surface area contributed by atoms with Gasteiger partial charge in [-0.05, 0) is 6.42 Å². The highest BCUT2D eigenvalue weighted by Gasteiger charge is 2.05. The second-order valence-electron chi connectivity index (χ2n) is 1.65. The molecule has 0 saturated carbocycles. The molecule has 0 aromatic carbocycles. The molecule has 1 N–H and O–H groups in total. The molecule has 0 amide bonds. The molecule has 0 aromatic heterocycles. The quantitative estimate of drug-likeness (QED) is 0.531. The van der Waals surface area contributed by atoms with E-state index in [9.17, 15) is 4.79 Å². The van der Waals surface area contributed by atoms with Gasteiger partial charge in [-0.3, -0.25) is 4.79 Å². The van der Waals surface area contributed by atoms with E-state index in [1.54, 1.807) is 6.92 Å². The van der Waals surface area contributed by atoms with Crippen LogP contribution in [0.25, 0.3) is 0 Å². The van der Waals surface area contributed by atoms with E-state index in [1.807, 2.05) is 6.92 Å². The Morgan fingerprint density at radius 1 is 1.86 bits per heavy atom. The van der Waals surface area contributed by atoms with Crippen LogP contribution in [0.15, 0.2) is 0 Å². The number of aliphatic carboxylic acids is 1. The Bertz CT molecular complexity index is 68.5. The molecule has 0 aliphatic rings. The van der Waals surface area contributed by atoms with E-state index >= 15 is 0 Å². The first-order chi connectivity index (χ1) is 3.18. The van der Waals surface area contributed by atoms with Gasteiger partial charge in [0, 0.05) is 0 Å². The van der Waals surface area contributed by atoms with Crippen molar-refractivity contribution in [3.8, 4) is 0 Å². The Balaban J connectivity index is 3.34. The molecule has 0 aliphatic carbocycles. The number of hydrogen-bond donors (Lipinski definition) is 1. The van der Waals surface area contributed by atoms with Crippen molar-refractivity contribution in [1.82, 2.24) is 0 Å². The maximum absolute atomic E-state index is 9.93. The van der Waals surface area contributed by atoms with Gasteiger partial charge in [-0.25, -0.2) is 0 Å². The average molecular weight is 103 g/mol. The molecule has 0 rings (SSSR count). The van der Waals surface area contributed by atoms with E-state index in [0.717, 1.165) is 6.42 Å². The first-order valence-electron chi connectivity index (χ1n) is 2.41. The van der Waals surface area contributed by atoms with Crippen LogP contribution in [0.2, 0.25) is 0 Å². The van der Waals surface area contributed by atoms with Crippen LogP contribution in [0, 0.1) is 5.92 Å². The lowest BCUT2D eigenvalue weighted by Gasteiger charge is -1.96. The fourth-order valence-corrected chi connectivity index (χ4v) is 0.175. The summed E-state index contributed by atoms with van der Waals surface area (Å²) in [7, 11) is 0. The molecule has 1 atom stereocenters. The zero-order valence-electron chi connectivity index (χ0n) is 4.64. The topological polar surface area (TPSA) is 37.3 Å². The van der Waals surface area contributed by atoms with Crippen LogP contribution in [0.5, 0.6) is 0 Å². The Hall–Kier alpha value is -0.530.